The summed E-state index contributed by atoms with van der Waals surface area (Å²) in [7, 11) is 1.66. The summed E-state index contributed by atoms with van der Waals surface area (Å²) in [6, 6.07) is 10.3. The molecular formula is C19H20FNO4. The molecule has 0 aromatic heterocycles. The van der Waals surface area contributed by atoms with Crippen molar-refractivity contribution in [3.8, 4) is 5.75 Å². The molecule has 0 atom stereocenters. The minimum absolute atomic E-state index is 0.0939. The zero-order valence-electron chi connectivity index (χ0n) is 14.2. The van der Waals surface area contributed by atoms with E-state index in [1.807, 2.05) is 0 Å². The minimum atomic E-state index is -1.06. The van der Waals surface area contributed by atoms with Crippen molar-refractivity contribution in [2.45, 2.75) is 13.3 Å². The van der Waals surface area contributed by atoms with Gasteiger partial charge in [0.05, 0.1) is 12.2 Å². The highest BCUT2D eigenvalue weighted by molar-refractivity contribution is 5.97. The molecule has 0 radical (unpaired) electrons. The second-order valence-corrected chi connectivity index (χ2v) is 5.78. The topological polar surface area (TPSA) is 66.8 Å². The fraction of sp³-hybridized carbons (Fsp3) is 0.263. The lowest BCUT2D eigenvalue weighted by Crippen LogP contribution is -2.29. The first-order valence-electron chi connectivity index (χ1n) is 7.85. The van der Waals surface area contributed by atoms with Crippen LogP contribution in [-0.2, 0) is 0 Å². The molecule has 0 saturated heterocycles. The first kappa shape index (κ1) is 18.4. The summed E-state index contributed by atoms with van der Waals surface area (Å²) >= 11 is 0. The van der Waals surface area contributed by atoms with Gasteiger partial charge in [-0.25, -0.2) is 9.18 Å². The van der Waals surface area contributed by atoms with Gasteiger partial charge in [-0.15, -0.1) is 0 Å². The van der Waals surface area contributed by atoms with Crippen LogP contribution in [0.2, 0.25) is 0 Å². The average Bonchev–Trinajstić information content (AvgIpc) is 2.58. The molecule has 0 fully saturated rings. The highest BCUT2D eigenvalue weighted by Gasteiger charge is 2.14. The van der Waals surface area contributed by atoms with E-state index >= 15 is 0 Å². The first-order valence-corrected chi connectivity index (χ1v) is 7.85. The molecule has 0 spiro atoms. The molecule has 25 heavy (non-hydrogen) atoms. The number of hydrogen-bond acceptors (Lipinski definition) is 3. The minimum Gasteiger partial charge on any atom is -0.494 e. The Kier molecular flexibility index (Phi) is 6.11. The number of aromatic carboxylic acids is 1. The van der Waals surface area contributed by atoms with Gasteiger partial charge in [-0.2, -0.15) is 0 Å². The summed E-state index contributed by atoms with van der Waals surface area (Å²) in [5.41, 5.74) is 1.16. The molecule has 5 nitrogen and oxygen atoms in total. The van der Waals surface area contributed by atoms with Crippen LogP contribution in [0.4, 0.5) is 4.39 Å². The van der Waals surface area contributed by atoms with Crippen LogP contribution < -0.4 is 4.74 Å². The summed E-state index contributed by atoms with van der Waals surface area (Å²) in [5, 5.41) is 9.09. The third-order valence-corrected chi connectivity index (χ3v) is 3.64. The SMILES string of the molecule is Cc1cc(C(=O)O)cc(C(=O)N(C)CCCOc2ccc(F)cc2)c1. The number of amides is 1. The van der Waals surface area contributed by atoms with Gasteiger partial charge in [0.15, 0.2) is 0 Å². The average molecular weight is 345 g/mol. The third-order valence-electron chi connectivity index (χ3n) is 3.64. The number of carbonyl (C=O) groups excluding carboxylic acids is 1. The van der Waals surface area contributed by atoms with Crippen molar-refractivity contribution in [3.63, 3.8) is 0 Å². The molecule has 6 heteroatoms. The van der Waals surface area contributed by atoms with E-state index in [1.165, 1.54) is 29.2 Å². The van der Waals surface area contributed by atoms with Crippen molar-refractivity contribution in [1.82, 2.24) is 4.90 Å². The Bertz CT molecular complexity index is 759. The fourth-order valence-corrected chi connectivity index (χ4v) is 2.37. The highest BCUT2D eigenvalue weighted by Crippen LogP contribution is 2.13. The predicted octanol–water partition coefficient (Wildman–Crippen LogP) is 3.37. The van der Waals surface area contributed by atoms with Gasteiger partial charge in [-0.05, 0) is 61.4 Å². The molecular weight excluding hydrogens is 325 g/mol. The number of ether oxygens (including phenoxy) is 1. The molecule has 0 saturated carbocycles. The van der Waals surface area contributed by atoms with E-state index in [0.717, 1.165) is 5.56 Å². The van der Waals surface area contributed by atoms with Crippen molar-refractivity contribution in [2.24, 2.45) is 0 Å². The van der Waals surface area contributed by atoms with E-state index in [2.05, 4.69) is 0 Å². The van der Waals surface area contributed by atoms with E-state index in [0.29, 0.717) is 30.9 Å². The molecule has 2 rings (SSSR count). The number of rotatable bonds is 7. The van der Waals surface area contributed by atoms with Gasteiger partial charge in [-0.3, -0.25) is 4.79 Å². The molecule has 0 aliphatic rings. The summed E-state index contributed by atoms with van der Waals surface area (Å²) in [6.45, 7) is 2.59. The number of carboxylic acid groups (broad SMARTS) is 1. The monoisotopic (exact) mass is 345 g/mol. The van der Waals surface area contributed by atoms with Crippen LogP contribution in [0.25, 0.3) is 0 Å². The predicted molar refractivity (Wildman–Crippen MR) is 91.6 cm³/mol. The van der Waals surface area contributed by atoms with Gasteiger partial charge in [-0.1, -0.05) is 0 Å². The molecule has 132 valence electrons. The van der Waals surface area contributed by atoms with E-state index in [9.17, 15) is 14.0 Å². The van der Waals surface area contributed by atoms with Gasteiger partial charge in [0, 0.05) is 19.2 Å². The summed E-state index contributed by atoms with van der Waals surface area (Å²) in [6.07, 6.45) is 0.594. The Labute approximate surface area is 145 Å². The molecule has 2 aromatic carbocycles. The van der Waals surface area contributed by atoms with Crippen LogP contribution in [0.1, 0.15) is 32.7 Å². The Morgan fingerprint density at radius 3 is 2.40 bits per heavy atom. The largest absolute Gasteiger partial charge is 0.494 e. The third kappa shape index (κ3) is 5.31. The van der Waals surface area contributed by atoms with E-state index in [1.54, 1.807) is 32.2 Å². The zero-order valence-corrected chi connectivity index (χ0v) is 14.2. The van der Waals surface area contributed by atoms with Crippen LogP contribution in [0.3, 0.4) is 0 Å². The van der Waals surface area contributed by atoms with Gasteiger partial charge in [0.1, 0.15) is 11.6 Å². The summed E-state index contributed by atoms with van der Waals surface area (Å²) < 4.78 is 18.3. The quantitative estimate of drug-likeness (QED) is 0.781. The number of aryl methyl sites for hydroxylation is 1. The normalized spacial score (nSPS) is 10.4. The molecule has 0 heterocycles. The second kappa shape index (κ2) is 8.28. The number of carboxylic acids is 1. The molecule has 0 aliphatic heterocycles. The number of benzene rings is 2. The summed E-state index contributed by atoms with van der Waals surface area (Å²) in [5.74, 6) is -1.06. The van der Waals surface area contributed by atoms with E-state index in [-0.39, 0.29) is 17.3 Å². The lowest BCUT2D eigenvalue weighted by molar-refractivity contribution is 0.0696. The second-order valence-electron chi connectivity index (χ2n) is 5.78. The fourth-order valence-electron chi connectivity index (χ4n) is 2.37. The molecule has 0 aliphatic carbocycles. The van der Waals surface area contributed by atoms with Gasteiger partial charge in [0.25, 0.3) is 5.91 Å². The number of nitrogens with zero attached hydrogens (tertiary/aromatic N) is 1. The lowest BCUT2D eigenvalue weighted by atomic mass is 10.1. The van der Waals surface area contributed by atoms with Crippen LogP contribution >= 0.6 is 0 Å². The van der Waals surface area contributed by atoms with Crippen LogP contribution in [0, 0.1) is 12.7 Å². The number of hydrogen-bond donors (Lipinski definition) is 1. The van der Waals surface area contributed by atoms with Gasteiger partial charge < -0.3 is 14.7 Å². The molecule has 1 N–H and O–H groups in total. The Morgan fingerprint density at radius 2 is 1.76 bits per heavy atom. The summed E-state index contributed by atoms with van der Waals surface area (Å²) in [4.78, 5) is 25.0. The maximum absolute atomic E-state index is 12.8. The van der Waals surface area contributed by atoms with Crippen LogP contribution in [0.15, 0.2) is 42.5 Å². The van der Waals surface area contributed by atoms with Crippen molar-refractivity contribution in [1.29, 1.82) is 0 Å². The van der Waals surface area contributed by atoms with Crippen molar-refractivity contribution >= 4 is 11.9 Å². The lowest BCUT2D eigenvalue weighted by Gasteiger charge is -2.18. The van der Waals surface area contributed by atoms with Crippen LogP contribution in [0.5, 0.6) is 5.75 Å². The Balaban J connectivity index is 1.88. The number of carbonyl (C=O) groups is 2. The number of halogens is 1. The van der Waals surface area contributed by atoms with Gasteiger partial charge >= 0.3 is 5.97 Å². The maximum atomic E-state index is 12.8. The van der Waals surface area contributed by atoms with Crippen molar-refractivity contribution in [2.75, 3.05) is 20.2 Å². The smallest absolute Gasteiger partial charge is 0.335 e. The standard InChI is InChI=1S/C19H20FNO4/c1-13-10-14(12-15(11-13)19(23)24)18(22)21(2)8-3-9-25-17-6-4-16(20)5-7-17/h4-7,10-12H,3,8-9H2,1-2H3,(H,23,24). The molecule has 2 aromatic rings. The Morgan fingerprint density at radius 1 is 1.12 bits per heavy atom. The highest BCUT2D eigenvalue weighted by atomic mass is 19.1. The maximum Gasteiger partial charge on any atom is 0.335 e. The van der Waals surface area contributed by atoms with Crippen molar-refractivity contribution < 1.29 is 23.8 Å². The molecule has 0 unspecified atom stereocenters. The van der Waals surface area contributed by atoms with Crippen molar-refractivity contribution in [3.05, 3.63) is 65.0 Å². The Hall–Kier alpha value is -2.89. The molecule has 0 bridgehead atoms. The van der Waals surface area contributed by atoms with E-state index in [4.69, 9.17) is 9.84 Å². The first-order chi connectivity index (χ1) is 11.9. The van der Waals surface area contributed by atoms with Crippen LogP contribution in [-0.4, -0.2) is 42.1 Å². The van der Waals surface area contributed by atoms with E-state index < -0.39 is 5.97 Å². The van der Waals surface area contributed by atoms with Gasteiger partial charge in [0.2, 0.25) is 0 Å². The molecule has 1 amide bonds. The zero-order chi connectivity index (χ0) is 18.4.